The maximum absolute atomic E-state index is 13.3. The molecule has 0 fully saturated rings. The number of aromatic nitrogens is 2. The van der Waals surface area contributed by atoms with Crippen molar-refractivity contribution in [2.24, 2.45) is 0 Å². The lowest BCUT2D eigenvalue weighted by molar-refractivity contribution is -0.137. The summed E-state index contributed by atoms with van der Waals surface area (Å²) < 4.78 is 58.4. The van der Waals surface area contributed by atoms with Gasteiger partial charge >= 0.3 is 12.3 Å². The zero-order chi connectivity index (χ0) is 21.4. The van der Waals surface area contributed by atoms with Crippen LogP contribution in [0.15, 0.2) is 24.5 Å². The van der Waals surface area contributed by atoms with Gasteiger partial charge in [-0.05, 0) is 45.4 Å². The van der Waals surface area contributed by atoms with Crippen molar-refractivity contribution in [3.05, 3.63) is 47.2 Å². The van der Waals surface area contributed by atoms with Crippen molar-refractivity contribution >= 4 is 17.6 Å². The Kier molecular flexibility index (Phi) is 5.38. The van der Waals surface area contributed by atoms with E-state index in [0.717, 1.165) is 12.1 Å². The number of fused-ring (bicyclic) bond motifs is 1. The smallest absolute Gasteiger partial charge is 0.418 e. The number of benzene rings is 1. The van der Waals surface area contributed by atoms with E-state index in [2.05, 4.69) is 15.3 Å². The highest BCUT2D eigenvalue weighted by Crippen LogP contribution is 2.37. The first kappa shape index (κ1) is 20.8. The van der Waals surface area contributed by atoms with Gasteiger partial charge in [-0.3, -0.25) is 0 Å². The molecule has 156 valence electrons. The van der Waals surface area contributed by atoms with Gasteiger partial charge in [-0.2, -0.15) is 13.2 Å². The van der Waals surface area contributed by atoms with Gasteiger partial charge in [0.25, 0.3) is 0 Å². The molecule has 1 aliphatic heterocycles. The average Bonchev–Trinajstić information content (AvgIpc) is 2.60. The first-order valence-electron chi connectivity index (χ1n) is 8.88. The first-order chi connectivity index (χ1) is 13.4. The highest BCUT2D eigenvalue weighted by atomic mass is 19.4. The molecular weight excluding hydrogens is 392 g/mol. The minimum atomic E-state index is -4.73. The molecule has 10 heteroatoms. The molecule has 0 atom stereocenters. The molecule has 0 aliphatic carbocycles. The minimum absolute atomic E-state index is 0.150. The van der Waals surface area contributed by atoms with Crippen LogP contribution in [-0.4, -0.2) is 33.1 Å². The number of ether oxygens (including phenoxy) is 1. The predicted molar refractivity (Wildman–Crippen MR) is 97.1 cm³/mol. The van der Waals surface area contributed by atoms with Gasteiger partial charge in [-0.15, -0.1) is 0 Å². The Bertz CT molecular complexity index is 925. The number of hydrogen-bond acceptors (Lipinski definition) is 5. The summed E-state index contributed by atoms with van der Waals surface area (Å²) in [6.45, 7) is 5.73. The van der Waals surface area contributed by atoms with E-state index in [9.17, 15) is 22.4 Å². The molecule has 0 unspecified atom stereocenters. The molecule has 29 heavy (non-hydrogen) atoms. The Morgan fingerprint density at radius 3 is 2.59 bits per heavy atom. The lowest BCUT2D eigenvalue weighted by atomic mass is 10.1. The number of alkyl halides is 3. The quantitative estimate of drug-likeness (QED) is 0.726. The van der Waals surface area contributed by atoms with Crippen molar-refractivity contribution < 1.29 is 27.1 Å². The number of anilines is 2. The Morgan fingerprint density at radius 2 is 1.93 bits per heavy atom. The largest absolute Gasteiger partial charge is 0.444 e. The predicted octanol–water partition coefficient (Wildman–Crippen LogP) is 4.67. The van der Waals surface area contributed by atoms with Crippen molar-refractivity contribution in [3.8, 4) is 0 Å². The van der Waals surface area contributed by atoms with Gasteiger partial charge in [0.1, 0.15) is 23.6 Å². The maximum Gasteiger partial charge on any atom is 0.418 e. The van der Waals surface area contributed by atoms with E-state index in [4.69, 9.17) is 4.74 Å². The summed E-state index contributed by atoms with van der Waals surface area (Å²) in [7, 11) is 0. The number of carbonyl (C=O) groups excluding carboxylic acids is 1. The summed E-state index contributed by atoms with van der Waals surface area (Å²) in [5, 5.41) is 2.64. The second kappa shape index (κ2) is 7.49. The second-order valence-electron chi connectivity index (χ2n) is 7.61. The number of carbonyl (C=O) groups is 1. The molecule has 0 spiro atoms. The van der Waals surface area contributed by atoms with Gasteiger partial charge < -0.3 is 15.0 Å². The van der Waals surface area contributed by atoms with E-state index in [1.807, 2.05) is 0 Å². The molecule has 2 aromatic rings. The molecule has 1 aromatic heterocycles. The van der Waals surface area contributed by atoms with Gasteiger partial charge in [-0.1, -0.05) is 0 Å². The molecule has 2 heterocycles. The Hall–Kier alpha value is -2.91. The van der Waals surface area contributed by atoms with Crippen LogP contribution in [0.4, 0.5) is 33.9 Å². The van der Waals surface area contributed by atoms with Gasteiger partial charge in [0.2, 0.25) is 0 Å². The molecule has 1 N–H and O–H groups in total. The third-order valence-corrected chi connectivity index (χ3v) is 4.20. The molecule has 0 saturated heterocycles. The third kappa shape index (κ3) is 4.93. The van der Waals surface area contributed by atoms with Crippen LogP contribution in [0.25, 0.3) is 0 Å². The van der Waals surface area contributed by atoms with E-state index in [0.29, 0.717) is 30.3 Å². The van der Waals surface area contributed by atoms with Crippen LogP contribution in [0.1, 0.15) is 37.6 Å². The number of nitrogens with one attached hydrogen (secondary N) is 1. The van der Waals surface area contributed by atoms with Crippen LogP contribution < -0.4 is 5.32 Å². The summed E-state index contributed by atoms with van der Waals surface area (Å²) in [6.07, 6.45) is -3.68. The monoisotopic (exact) mass is 412 g/mol. The molecule has 1 amide bonds. The van der Waals surface area contributed by atoms with Crippen LogP contribution >= 0.6 is 0 Å². The lowest BCUT2D eigenvalue weighted by Gasteiger charge is -2.31. The molecule has 0 saturated carbocycles. The zero-order valence-electron chi connectivity index (χ0n) is 16.1. The van der Waals surface area contributed by atoms with Crippen LogP contribution in [-0.2, 0) is 23.9 Å². The summed E-state index contributed by atoms with van der Waals surface area (Å²) >= 11 is 0. The van der Waals surface area contributed by atoms with E-state index in [-0.39, 0.29) is 18.1 Å². The maximum atomic E-state index is 13.3. The van der Waals surface area contributed by atoms with Crippen LogP contribution in [0.2, 0.25) is 0 Å². The van der Waals surface area contributed by atoms with Crippen LogP contribution in [0, 0.1) is 5.82 Å². The zero-order valence-corrected chi connectivity index (χ0v) is 16.1. The van der Waals surface area contributed by atoms with Gasteiger partial charge in [0, 0.05) is 12.1 Å². The van der Waals surface area contributed by atoms with Crippen molar-refractivity contribution in [2.45, 2.75) is 45.5 Å². The number of halogens is 4. The van der Waals surface area contributed by atoms with Crippen LogP contribution in [0.3, 0.4) is 0 Å². The standard InChI is InChI=1S/C19H20F4N4O2/c1-18(2,3)29-17(28)27-7-6-12-15(9-27)24-10-25-16(12)26-14-5-4-11(20)8-13(14)19(21,22)23/h4-5,8,10H,6-7,9H2,1-3H3,(H,24,25,26). The second-order valence-corrected chi connectivity index (χ2v) is 7.61. The van der Waals surface area contributed by atoms with E-state index in [1.165, 1.54) is 11.2 Å². The fourth-order valence-corrected chi connectivity index (χ4v) is 2.93. The molecule has 0 radical (unpaired) electrons. The SMILES string of the molecule is CC(C)(C)OC(=O)N1CCc2c(ncnc2Nc2ccc(F)cc2C(F)(F)F)C1. The lowest BCUT2D eigenvalue weighted by Crippen LogP contribution is -2.40. The van der Waals surface area contributed by atoms with Crippen molar-refractivity contribution in [1.82, 2.24) is 14.9 Å². The van der Waals surface area contributed by atoms with Crippen molar-refractivity contribution in [3.63, 3.8) is 0 Å². The number of nitrogens with zero attached hydrogens (tertiary/aromatic N) is 3. The normalized spacial score (nSPS) is 14.4. The molecule has 6 nitrogen and oxygen atoms in total. The average molecular weight is 412 g/mol. The third-order valence-electron chi connectivity index (χ3n) is 4.20. The Morgan fingerprint density at radius 1 is 1.21 bits per heavy atom. The summed E-state index contributed by atoms with van der Waals surface area (Å²) in [6, 6.07) is 2.39. The number of amides is 1. The Balaban J connectivity index is 1.86. The fourth-order valence-electron chi connectivity index (χ4n) is 2.93. The van der Waals surface area contributed by atoms with E-state index >= 15 is 0 Å². The minimum Gasteiger partial charge on any atom is -0.444 e. The van der Waals surface area contributed by atoms with E-state index < -0.39 is 29.3 Å². The topological polar surface area (TPSA) is 67.3 Å². The number of rotatable bonds is 2. The Labute approximate surface area is 164 Å². The van der Waals surface area contributed by atoms with Crippen molar-refractivity contribution in [1.29, 1.82) is 0 Å². The first-order valence-corrected chi connectivity index (χ1v) is 8.88. The summed E-state index contributed by atoms with van der Waals surface area (Å²) in [5.41, 5.74) is -0.975. The molecular formula is C19H20F4N4O2. The van der Waals surface area contributed by atoms with Crippen LogP contribution in [0.5, 0.6) is 0 Å². The summed E-state index contributed by atoms with van der Waals surface area (Å²) in [5.74, 6) is -0.795. The van der Waals surface area contributed by atoms with Gasteiger partial charge in [0.15, 0.2) is 0 Å². The highest BCUT2D eigenvalue weighted by Gasteiger charge is 2.35. The van der Waals surface area contributed by atoms with Gasteiger partial charge in [-0.25, -0.2) is 19.2 Å². The van der Waals surface area contributed by atoms with E-state index in [1.54, 1.807) is 20.8 Å². The fraction of sp³-hybridized carbons (Fsp3) is 0.421. The molecule has 1 aliphatic rings. The summed E-state index contributed by atoms with van der Waals surface area (Å²) in [4.78, 5) is 21.9. The number of hydrogen-bond donors (Lipinski definition) is 1. The highest BCUT2D eigenvalue weighted by molar-refractivity contribution is 5.69. The molecule has 3 rings (SSSR count). The van der Waals surface area contributed by atoms with Crippen molar-refractivity contribution in [2.75, 3.05) is 11.9 Å². The van der Waals surface area contributed by atoms with Gasteiger partial charge in [0.05, 0.1) is 23.5 Å². The molecule has 1 aromatic carbocycles. The molecule has 0 bridgehead atoms.